The molecule has 6 heteroatoms. The number of nitrogens with zero attached hydrogens (tertiary/aromatic N) is 2. The molecule has 0 amide bonds. The average Bonchev–Trinajstić information content (AvgIpc) is 2.30. The lowest BCUT2D eigenvalue weighted by atomic mass is 10.1. The molecule has 2 aromatic heterocycles. The van der Waals surface area contributed by atoms with Crippen LogP contribution in [0.1, 0.15) is 21.6 Å². The smallest absolute Gasteiger partial charge is 0.338 e. The number of aromatic carboxylic acids is 1. The fraction of sp³-hybridized carbons (Fsp3) is 0.154. The standard InChI is InChI=1S/C13H11BrN2O2S/c1-7-5-8(2)16-12(11(7)13(17)18)19-10-4-3-9(14)6-15-10/h3-6H,1-2H3,(H,17,18). The maximum Gasteiger partial charge on any atom is 0.338 e. The van der Waals surface area contributed by atoms with Gasteiger partial charge in [0.15, 0.2) is 0 Å². The Morgan fingerprint density at radius 2 is 2.11 bits per heavy atom. The first-order valence-corrected chi connectivity index (χ1v) is 7.09. The molecule has 0 aliphatic heterocycles. The van der Waals surface area contributed by atoms with Gasteiger partial charge in [0.1, 0.15) is 10.1 Å². The Hall–Kier alpha value is -1.40. The molecule has 0 fully saturated rings. The summed E-state index contributed by atoms with van der Waals surface area (Å²) in [6.45, 7) is 3.62. The predicted octanol–water partition coefficient (Wildman–Crippen LogP) is 3.71. The molecule has 0 radical (unpaired) electrons. The Labute approximate surface area is 123 Å². The van der Waals surface area contributed by atoms with Crippen molar-refractivity contribution in [1.82, 2.24) is 9.97 Å². The Balaban J connectivity index is 2.44. The molecule has 0 saturated carbocycles. The highest BCUT2D eigenvalue weighted by molar-refractivity contribution is 9.10. The van der Waals surface area contributed by atoms with Crippen LogP contribution in [0.4, 0.5) is 0 Å². The first kappa shape index (κ1) is 14.0. The van der Waals surface area contributed by atoms with Gasteiger partial charge in [-0.15, -0.1) is 0 Å². The van der Waals surface area contributed by atoms with Crippen molar-refractivity contribution >= 4 is 33.7 Å². The number of carboxylic acids is 1. The van der Waals surface area contributed by atoms with E-state index < -0.39 is 5.97 Å². The zero-order chi connectivity index (χ0) is 14.0. The van der Waals surface area contributed by atoms with Gasteiger partial charge >= 0.3 is 5.97 Å². The number of hydrogen-bond acceptors (Lipinski definition) is 4. The second-order valence-corrected chi connectivity index (χ2v) is 5.91. The Morgan fingerprint density at radius 1 is 1.37 bits per heavy atom. The molecule has 0 saturated heterocycles. The third kappa shape index (κ3) is 3.33. The highest BCUT2D eigenvalue weighted by atomic mass is 79.9. The SMILES string of the molecule is Cc1cc(C)c(C(=O)O)c(Sc2ccc(Br)cn2)n1. The summed E-state index contributed by atoms with van der Waals surface area (Å²) in [6, 6.07) is 5.45. The van der Waals surface area contributed by atoms with Crippen LogP contribution in [0.15, 0.2) is 38.9 Å². The molecule has 0 atom stereocenters. The van der Waals surface area contributed by atoms with Gasteiger partial charge in [0.05, 0.1) is 5.56 Å². The molecule has 0 aliphatic rings. The summed E-state index contributed by atoms with van der Waals surface area (Å²) in [4.78, 5) is 19.8. The normalized spacial score (nSPS) is 10.5. The van der Waals surface area contributed by atoms with Gasteiger partial charge in [-0.2, -0.15) is 0 Å². The lowest BCUT2D eigenvalue weighted by molar-refractivity contribution is 0.0691. The van der Waals surface area contributed by atoms with E-state index in [2.05, 4.69) is 25.9 Å². The van der Waals surface area contributed by atoms with Crippen LogP contribution in [0.2, 0.25) is 0 Å². The number of hydrogen-bond donors (Lipinski definition) is 1. The van der Waals surface area contributed by atoms with E-state index in [1.165, 1.54) is 11.8 Å². The fourth-order valence-corrected chi connectivity index (χ4v) is 2.87. The molecule has 0 unspecified atom stereocenters. The Morgan fingerprint density at radius 3 is 2.68 bits per heavy atom. The highest BCUT2D eigenvalue weighted by Crippen LogP contribution is 2.30. The zero-order valence-corrected chi connectivity index (χ0v) is 12.7. The molecule has 0 aromatic carbocycles. The van der Waals surface area contributed by atoms with E-state index in [1.807, 2.05) is 19.1 Å². The number of aryl methyl sites for hydroxylation is 2. The minimum absolute atomic E-state index is 0.236. The lowest BCUT2D eigenvalue weighted by Crippen LogP contribution is -2.05. The first-order valence-electron chi connectivity index (χ1n) is 5.48. The quantitative estimate of drug-likeness (QED) is 0.924. The van der Waals surface area contributed by atoms with Crippen molar-refractivity contribution in [2.45, 2.75) is 23.9 Å². The third-order valence-corrected chi connectivity index (χ3v) is 3.84. The van der Waals surface area contributed by atoms with Gasteiger partial charge in [-0.1, -0.05) is 0 Å². The molecular weight excluding hydrogens is 328 g/mol. The topological polar surface area (TPSA) is 63.1 Å². The van der Waals surface area contributed by atoms with Crippen molar-refractivity contribution < 1.29 is 9.90 Å². The zero-order valence-electron chi connectivity index (χ0n) is 10.3. The maximum atomic E-state index is 11.3. The van der Waals surface area contributed by atoms with E-state index in [0.29, 0.717) is 15.6 Å². The van der Waals surface area contributed by atoms with Crippen LogP contribution in [0, 0.1) is 13.8 Å². The number of carboxylic acid groups (broad SMARTS) is 1. The van der Waals surface area contributed by atoms with Crippen LogP contribution >= 0.6 is 27.7 Å². The first-order chi connectivity index (χ1) is 8.97. The Bertz CT molecular complexity index is 629. The second-order valence-electron chi connectivity index (χ2n) is 3.98. The third-order valence-electron chi connectivity index (χ3n) is 2.43. The predicted molar refractivity (Wildman–Crippen MR) is 76.7 cm³/mol. The van der Waals surface area contributed by atoms with Crippen LogP contribution < -0.4 is 0 Å². The molecular formula is C13H11BrN2O2S. The van der Waals surface area contributed by atoms with E-state index in [9.17, 15) is 9.90 Å². The number of rotatable bonds is 3. The average molecular weight is 339 g/mol. The monoisotopic (exact) mass is 338 g/mol. The van der Waals surface area contributed by atoms with E-state index in [-0.39, 0.29) is 5.56 Å². The van der Waals surface area contributed by atoms with Gasteiger partial charge in [-0.05, 0) is 65.3 Å². The van der Waals surface area contributed by atoms with E-state index >= 15 is 0 Å². The van der Waals surface area contributed by atoms with Gasteiger partial charge in [0.2, 0.25) is 0 Å². The van der Waals surface area contributed by atoms with Crippen LogP contribution in [0.5, 0.6) is 0 Å². The number of aromatic nitrogens is 2. The molecule has 2 rings (SSSR count). The van der Waals surface area contributed by atoms with Crippen molar-refractivity contribution in [1.29, 1.82) is 0 Å². The van der Waals surface area contributed by atoms with Crippen LogP contribution in [0.25, 0.3) is 0 Å². The molecule has 19 heavy (non-hydrogen) atoms. The second kappa shape index (κ2) is 5.71. The molecule has 0 spiro atoms. The van der Waals surface area contributed by atoms with Crippen LogP contribution in [0.3, 0.4) is 0 Å². The summed E-state index contributed by atoms with van der Waals surface area (Å²) in [5.74, 6) is -0.968. The highest BCUT2D eigenvalue weighted by Gasteiger charge is 2.17. The van der Waals surface area contributed by atoms with Crippen molar-refractivity contribution in [3.63, 3.8) is 0 Å². The largest absolute Gasteiger partial charge is 0.478 e. The molecule has 4 nitrogen and oxygen atoms in total. The maximum absolute atomic E-state index is 11.3. The number of halogens is 1. The van der Waals surface area contributed by atoms with E-state index in [1.54, 1.807) is 19.2 Å². The molecule has 1 N–H and O–H groups in total. The summed E-state index contributed by atoms with van der Waals surface area (Å²) in [6.07, 6.45) is 1.67. The molecule has 2 heterocycles. The van der Waals surface area contributed by atoms with Crippen LogP contribution in [-0.2, 0) is 0 Å². The van der Waals surface area contributed by atoms with Crippen molar-refractivity contribution in [2.75, 3.05) is 0 Å². The summed E-state index contributed by atoms with van der Waals surface area (Å²) >= 11 is 4.57. The van der Waals surface area contributed by atoms with Gasteiger partial charge in [0, 0.05) is 16.4 Å². The molecule has 0 aliphatic carbocycles. The molecule has 0 bridgehead atoms. The summed E-state index contributed by atoms with van der Waals surface area (Å²) in [5.41, 5.74) is 1.74. The van der Waals surface area contributed by atoms with Gasteiger partial charge in [-0.3, -0.25) is 0 Å². The van der Waals surface area contributed by atoms with Crippen molar-refractivity contribution in [3.8, 4) is 0 Å². The van der Waals surface area contributed by atoms with Gasteiger partial charge in [-0.25, -0.2) is 14.8 Å². The van der Waals surface area contributed by atoms with Crippen molar-refractivity contribution in [3.05, 3.63) is 45.7 Å². The van der Waals surface area contributed by atoms with Gasteiger partial charge < -0.3 is 5.11 Å². The summed E-state index contributed by atoms with van der Waals surface area (Å²) in [7, 11) is 0. The van der Waals surface area contributed by atoms with Crippen LogP contribution in [-0.4, -0.2) is 21.0 Å². The van der Waals surface area contributed by atoms with Gasteiger partial charge in [0.25, 0.3) is 0 Å². The van der Waals surface area contributed by atoms with Crippen molar-refractivity contribution in [2.24, 2.45) is 0 Å². The summed E-state index contributed by atoms with van der Waals surface area (Å²) < 4.78 is 0.878. The van der Waals surface area contributed by atoms with E-state index in [0.717, 1.165) is 10.2 Å². The Kier molecular flexibility index (Phi) is 4.21. The molecule has 2 aromatic rings. The van der Waals surface area contributed by atoms with E-state index in [4.69, 9.17) is 0 Å². The summed E-state index contributed by atoms with van der Waals surface area (Å²) in [5, 5.41) is 10.5. The minimum Gasteiger partial charge on any atom is -0.478 e. The molecule has 98 valence electrons. The fourth-order valence-electron chi connectivity index (χ4n) is 1.66. The number of pyridine rings is 2. The number of carbonyl (C=O) groups is 1. The lowest BCUT2D eigenvalue weighted by Gasteiger charge is -2.08. The minimum atomic E-state index is -0.968.